The summed E-state index contributed by atoms with van der Waals surface area (Å²) < 4.78 is 0. The fourth-order valence-electron chi connectivity index (χ4n) is 4.13. The van der Waals surface area contributed by atoms with E-state index >= 15 is 0 Å². The Balaban J connectivity index is 2.13. The van der Waals surface area contributed by atoms with Crippen LogP contribution in [-0.2, 0) is 24.7 Å². The number of benzene rings is 3. The Labute approximate surface area is 163 Å². The predicted octanol–water partition coefficient (Wildman–Crippen LogP) is 6.71. The van der Waals surface area contributed by atoms with Crippen molar-refractivity contribution in [2.24, 2.45) is 0 Å². The van der Waals surface area contributed by atoms with Crippen molar-refractivity contribution in [3.05, 3.63) is 132 Å². The highest BCUT2D eigenvalue weighted by Gasteiger charge is 2.33. The summed E-state index contributed by atoms with van der Waals surface area (Å²) in [7, 11) is 0. The average molecular weight is 353 g/mol. The third-order valence-electron chi connectivity index (χ3n) is 5.26. The molecule has 0 aliphatic carbocycles. The number of hydrogen-bond acceptors (Lipinski definition) is 0. The largest absolute Gasteiger partial charge is 0.103 e. The second-order valence-corrected chi connectivity index (χ2v) is 7.25. The van der Waals surface area contributed by atoms with Crippen LogP contribution < -0.4 is 0 Å². The number of hydrogen-bond donors (Lipinski definition) is 0. The Hall–Kier alpha value is -2.86. The van der Waals surface area contributed by atoms with Gasteiger partial charge in [-0.25, -0.2) is 0 Å². The van der Waals surface area contributed by atoms with Gasteiger partial charge in [0, 0.05) is 5.41 Å². The fourth-order valence-corrected chi connectivity index (χ4v) is 4.13. The summed E-state index contributed by atoms with van der Waals surface area (Å²) in [5.74, 6) is 0. The standard InChI is InChI=1S/C27H28/c1-3-13-25-18-11-12-19-26(25)27(20-4-2,21-23-14-7-5-8-15-23)22-24-16-9-6-10-17-24/h3-12,14-19H,1-2,13,20-22H2. The normalized spacial score (nSPS) is 11.1. The van der Waals surface area contributed by atoms with Crippen LogP contribution in [0.3, 0.4) is 0 Å². The number of rotatable bonds is 9. The summed E-state index contributed by atoms with van der Waals surface area (Å²) in [5, 5.41) is 0. The van der Waals surface area contributed by atoms with Crippen LogP contribution in [0, 0.1) is 0 Å². The van der Waals surface area contributed by atoms with E-state index in [2.05, 4.69) is 104 Å². The lowest BCUT2D eigenvalue weighted by atomic mass is 9.67. The van der Waals surface area contributed by atoms with Crippen LogP contribution >= 0.6 is 0 Å². The molecule has 0 fully saturated rings. The van der Waals surface area contributed by atoms with Gasteiger partial charge >= 0.3 is 0 Å². The molecular formula is C27H28. The van der Waals surface area contributed by atoms with Gasteiger partial charge in [0.15, 0.2) is 0 Å². The zero-order valence-electron chi connectivity index (χ0n) is 16.0. The zero-order valence-corrected chi connectivity index (χ0v) is 16.0. The topological polar surface area (TPSA) is 0 Å². The van der Waals surface area contributed by atoms with E-state index in [9.17, 15) is 0 Å². The van der Waals surface area contributed by atoms with Crippen LogP contribution in [0.1, 0.15) is 28.7 Å². The molecule has 0 unspecified atom stereocenters. The molecule has 136 valence electrons. The molecule has 0 nitrogen and oxygen atoms in total. The van der Waals surface area contributed by atoms with Crippen LogP contribution in [0.4, 0.5) is 0 Å². The van der Waals surface area contributed by atoms with Crippen molar-refractivity contribution in [1.82, 2.24) is 0 Å². The van der Waals surface area contributed by atoms with Crippen molar-refractivity contribution in [3.63, 3.8) is 0 Å². The van der Waals surface area contributed by atoms with Crippen molar-refractivity contribution in [3.8, 4) is 0 Å². The molecule has 3 aromatic rings. The molecule has 0 N–H and O–H groups in total. The molecule has 3 aromatic carbocycles. The van der Waals surface area contributed by atoms with Gasteiger partial charge in [0.2, 0.25) is 0 Å². The molecule has 0 amide bonds. The summed E-state index contributed by atoms with van der Waals surface area (Å²) in [4.78, 5) is 0. The van der Waals surface area contributed by atoms with Crippen LogP contribution in [0.2, 0.25) is 0 Å². The summed E-state index contributed by atoms with van der Waals surface area (Å²) in [6.45, 7) is 8.08. The molecule has 0 heteroatoms. The van der Waals surface area contributed by atoms with Gasteiger partial charge in [-0.2, -0.15) is 0 Å². The Morgan fingerprint density at radius 1 is 0.630 bits per heavy atom. The van der Waals surface area contributed by atoms with E-state index in [0.29, 0.717) is 0 Å². The SMILES string of the molecule is C=CCc1ccccc1C(CC=C)(Cc1ccccc1)Cc1ccccc1. The summed E-state index contributed by atoms with van der Waals surface area (Å²) >= 11 is 0. The van der Waals surface area contributed by atoms with E-state index in [4.69, 9.17) is 0 Å². The molecule has 27 heavy (non-hydrogen) atoms. The van der Waals surface area contributed by atoms with E-state index in [0.717, 1.165) is 25.7 Å². The Morgan fingerprint density at radius 2 is 1.15 bits per heavy atom. The smallest absolute Gasteiger partial charge is 0.00708 e. The van der Waals surface area contributed by atoms with Crippen molar-refractivity contribution in [2.45, 2.75) is 31.1 Å². The summed E-state index contributed by atoms with van der Waals surface area (Å²) in [6, 6.07) is 30.5. The van der Waals surface area contributed by atoms with Crippen molar-refractivity contribution in [2.75, 3.05) is 0 Å². The maximum Gasteiger partial charge on any atom is 0.00708 e. The summed E-state index contributed by atoms with van der Waals surface area (Å²) in [6.07, 6.45) is 7.88. The van der Waals surface area contributed by atoms with E-state index in [1.807, 2.05) is 6.08 Å². The Kier molecular flexibility index (Phi) is 6.44. The first-order valence-corrected chi connectivity index (χ1v) is 9.65. The van der Waals surface area contributed by atoms with Gasteiger partial charge in [-0.1, -0.05) is 97.1 Å². The molecule has 0 aliphatic heterocycles. The minimum absolute atomic E-state index is 0.0237. The van der Waals surface area contributed by atoms with Gasteiger partial charge in [-0.05, 0) is 47.9 Å². The Morgan fingerprint density at radius 3 is 1.67 bits per heavy atom. The van der Waals surface area contributed by atoms with Gasteiger partial charge < -0.3 is 0 Å². The van der Waals surface area contributed by atoms with Gasteiger partial charge in [0.25, 0.3) is 0 Å². The minimum atomic E-state index is -0.0237. The second kappa shape index (κ2) is 9.19. The van der Waals surface area contributed by atoms with Crippen LogP contribution in [0.15, 0.2) is 110 Å². The average Bonchev–Trinajstić information content (AvgIpc) is 2.70. The fraction of sp³-hybridized carbons (Fsp3) is 0.185. The first kappa shape index (κ1) is 18.9. The van der Waals surface area contributed by atoms with Gasteiger partial charge in [0.05, 0.1) is 0 Å². The molecule has 0 aliphatic rings. The lowest BCUT2D eigenvalue weighted by molar-refractivity contribution is 0.421. The highest BCUT2D eigenvalue weighted by molar-refractivity contribution is 5.40. The zero-order chi connectivity index (χ0) is 19.0. The van der Waals surface area contributed by atoms with E-state index < -0.39 is 0 Å². The second-order valence-electron chi connectivity index (χ2n) is 7.25. The minimum Gasteiger partial charge on any atom is -0.103 e. The first-order chi connectivity index (χ1) is 13.3. The molecule has 0 atom stereocenters. The molecule has 0 bridgehead atoms. The molecule has 3 rings (SSSR count). The Bertz CT molecular complexity index is 817. The monoisotopic (exact) mass is 352 g/mol. The highest BCUT2D eigenvalue weighted by Crippen LogP contribution is 2.38. The van der Waals surface area contributed by atoms with E-state index in [-0.39, 0.29) is 5.41 Å². The molecule has 0 radical (unpaired) electrons. The van der Waals surface area contributed by atoms with E-state index in [1.165, 1.54) is 22.3 Å². The molecule has 0 aromatic heterocycles. The molecular weight excluding hydrogens is 324 g/mol. The highest BCUT2D eigenvalue weighted by atomic mass is 14.4. The predicted molar refractivity (Wildman–Crippen MR) is 117 cm³/mol. The maximum absolute atomic E-state index is 4.11. The van der Waals surface area contributed by atoms with Gasteiger partial charge in [0.1, 0.15) is 0 Å². The molecule has 0 spiro atoms. The lowest BCUT2D eigenvalue weighted by Gasteiger charge is -2.36. The van der Waals surface area contributed by atoms with Crippen molar-refractivity contribution >= 4 is 0 Å². The van der Waals surface area contributed by atoms with Crippen LogP contribution in [-0.4, -0.2) is 0 Å². The van der Waals surface area contributed by atoms with E-state index in [1.54, 1.807) is 0 Å². The van der Waals surface area contributed by atoms with Crippen LogP contribution in [0.25, 0.3) is 0 Å². The van der Waals surface area contributed by atoms with Crippen LogP contribution in [0.5, 0.6) is 0 Å². The molecule has 0 heterocycles. The van der Waals surface area contributed by atoms with Crippen molar-refractivity contribution < 1.29 is 0 Å². The van der Waals surface area contributed by atoms with Gasteiger partial charge in [-0.3, -0.25) is 0 Å². The first-order valence-electron chi connectivity index (χ1n) is 9.65. The lowest BCUT2D eigenvalue weighted by Crippen LogP contribution is -2.32. The molecule has 0 saturated carbocycles. The van der Waals surface area contributed by atoms with Crippen molar-refractivity contribution in [1.29, 1.82) is 0 Å². The third-order valence-corrected chi connectivity index (χ3v) is 5.26. The summed E-state index contributed by atoms with van der Waals surface area (Å²) in [5.41, 5.74) is 5.48. The third kappa shape index (κ3) is 4.65. The van der Waals surface area contributed by atoms with Gasteiger partial charge in [-0.15, -0.1) is 13.2 Å². The molecule has 0 saturated heterocycles. The quantitative estimate of drug-likeness (QED) is 0.375. The maximum atomic E-state index is 4.11. The number of allylic oxidation sites excluding steroid dienone is 2.